The van der Waals surface area contributed by atoms with Crippen molar-refractivity contribution in [2.75, 3.05) is 6.54 Å². The van der Waals surface area contributed by atoms with Crippen molar-refractivity contribution >= 4 is 49.6 Å². The molecule has 3 amide bonds. The fourth-order valence-electron chi connectivity index (χ4n) is 2.51. The maximum Gasteiger partial charge on any atom is 0.418 e. The zero-order valence-corrected chi connectivity index (χ0v) is 13.3. The zero-order valence-electron chi connectivity index (χ0n) is 10.1. The number of hydrogen-bond donors (Lipinski definition) is 2. The van der Waals surface area contributed by atoms with Gasteiger partial charge in [0.1, 0.15) is 12.1 Å². The third-order valence-electron chi connectivity index (χ3n) is 3.21. The molecule has 2 aliphatic rings. The molecule has 1 saturated heterocycles. The Labute approximate surface area is 131 Å². The van der Waals surface area contributed by atoms with Crippen LogP contribution in [0.4, 0.5) is 4.79 Å². The van der Waals surface area contributed by atoms with E-state index in [0.717, 1.165) is 4.90 Å². The summed E-state index contributed by atoms with van der Waals surface area (Å²) in [6, 6.07) is -0.916. The lowest BCUT2D eigenvalue weighted by Gasteiger charge is -2.27. The first-order valence-electron chi connectivity index (χ1n) is 5.54. The van der Waals surface area contributed by atoms with Gasteiger partial charge in [0.05, 0.1) is 10.3 Å². The first-order chi connectivity index (χ1) is 9.69. The van der Waals surface area contributed by atoms with Crippen molar-refractivity contribution in [3.05, 3.63) is 20.3 Å². The Morgan fingerprint density at radius 1 is 1.57 bits per heavy atom. The van der Waals surface area contributed by atoms with E-state index in [1.165, 1.54) is 11.3 Å². The van der Waals surface area contributed by atoms with Crippen LogP contribution in [0.25, 0.3) is 0 Å². The molecule has 0 saturated carbocycles. The second-order valence-electron chi connectivity index (χ2n) is 4.45. The van der Waals surface area contributed by atoms with Crippen molar-refractivity contribution in [3.63, 3.8) is 0 Å². The third-order valence-corrected chi connectivity index (χ3v) is 5.27. The lowest BCUT2D eigenvalue weighted by atomic mass is 9.99. The molecular formula is C9H8BrN3O6S2. The second-order valence-corrected chi connectivity index (χ2v) is 7.92. The predicted octanol–water partition coefficient (Wildman–Crippen LogP) is 0.564. The van der Waals surface area contributed by atoms with Gasteiger partial charge in [-0.25, -0.2) is 4.79 Å². The number of carbonyl (C=O) groups excluding carboxylic acids is 2. The molecule has 12 heteroatoms. The molecule has 1 aromatic heterocycles. The summed E-state index contributed by atoms with van der Waals surface area (Å²) in [6.45, 7) is 0.0398. The van der Waals surface area contributed by atoms with Crippen LogP contribution in [0.15, 0.2) is 9.85 Å². The molecule has 9 nitrogen and oxygen atoms in total. The summed E-state index contributed by atoms with van der Waals surface area (Å²) in [6.07, 6.45) is 0. The molecule has 1 aromatic rings. The highest BCUT2D eigenvalue weighted by Crippen LogP contribution is 2.48. The van der Waals surface area contributed by atoms with Crippen molar-refractivity contribution in [1.29, 1.82) is 0 Å². The summed E-state index contributed by atoms with van der Waals surface area (Å²) >= 11 is 4.50. The topological polar surface area (TPSA) is 130 Å². The smallest absolute Gasteiger partial charge is 0.368 e. The number of amides is 3. The number of hydrogen-bond acceptors (Lipinski definition) is 6. The van der Waals surface area contributed by atoms with Gasteiger partial charge >= 0.3 is 16.4 Å². The minimum atomic E-state index is -4.86. The average molecular weight is 398 g/mol. The van der Waals surface area contributed by atoms with Crippen LogP contribution in [0.5, 0.6) is 0 Å². The van der Waals surface area contributed by atoms with Crippen LogP contribution in [-0.2, 0) is 19.5 Å². The van der Waals surface area contributed by atoms with Crippen molar-refractivity contribution in [2.24, 2.45) is 5.73 Å². The first kappa shape index (κ1) is 14.7. The normalized spacial score (nSPS) is 24.4. The van der Waals surface area contributed by atoms with Gasteiger partial charge in [-0.1, -0.05) is 0 Å². The minimum absolute atomic E-state index is 0.0398. The molecular weight excluding hydrogens is 390 g/mol. The summed E-state index contributed by atoms with van der Waals surface area (Å²) in [4.78, 5) is 25.5. The Bertz CT molecular complexity index is 747. The standard InChI is InChI=1S/C9H8BrN3O6S2/c10-5-1-3-4-2-12(6(8(11)14)7(3)20-5)9(15)13(4)19-21(16,17)18/h1,4,6H,2H2,(H2,11,14)(H,16,17,18)/t4-,6?/m1/s1. The van der Waals surface area contributed by atoms with E-state index in [-0.39, 0.29) is 6.54 Å². The number of nitrogens with two attached hydrogens (primary N) is 1. The SMILES string of the molecule is NC(=O)C1c2sc(Br)cc2[C@H]2CN1C(=O)N2OS(=O)(=O)O. The second kappa shape index (κ2) is 4.64. The van der Waals surface area contributed by atoms with Crippen molar-refractivity contribution in [3.8, 4) is 0 Å². The van der Waals surface area contributed by atoms with E-state index in [2.05, 4.69) is 20.2 Å². The van der Waals surface area contributed by atoms with Gasteiger partial charge in [-0.2, -0.15) is 13.5 Å². The molecule has 2 bridgehead atoms. The highest BCUT2D eigenvalue weighted by Gasteiger charge is 2.52. The summed E-state index contributed by atoms with van der Waals surface area (Å²) in [7, 11) is -4.86. The monoisotopic (exact) mass is 397 g/mol. The molecule has 1 unspecified atom stereocenters. The number of nitrogens with zero attached hydrogens (tertiary/aromatic N) is 2. The van der Waals surface area contributed by atoms with E-state index in [0.29, 0.717) is 19.3 Å². The Morgan fingerprint density at radius 3 is 2.81 bits per heavy atom. The zero-order chi connectivity index (χ0) is 15.5. The number of primary amides is 1. The van der Waals surface area contributed by atoms with E-state index in [1.807, 2.05) is 0 Å². The number of fused-ring (bicyclic) bond motifs is 4. The number of hydroxylamine groups is 2. The summed E-state index contributed by atoms with van der Waals surface area (Å²) in [5.41, 5.74) is 5.90. The lowest BCUT2D eigenvalue weighted by Crippen LogP contribution is -2.41. The number of carbonyl (C=O) groups is 2. The minimum Gasteiger partial charge on any atom is -0.368 e. The van der Waals surface area contributed by atoms with E-state index < -0.39 is 34.4 Å². The molecule has 3 rings (SSSR count). The summed E-state index contributed by atoms with van der Waals surface area (Å²) in [5.74, 6) is -0.730. The van der Waals surface area contributed by atoms with Crippen LogP contribution in [0.3, 0.4) is 0 Å². The van der Waals surface area contributed by atoms with Gasteiger partial charge < -0.3 is 10.6 Å². The highest BCUT2D eigenvalue weighted by atomic mass is 79.9. The Hall–Kier alpha value is -1.21. The van der Waals surface area contributed by atoms with Gasteiger partial charge in [-0.3, -0.25) is 9.35 Å². The van der Waals surface area contributed by atoms with Crippen LogP contribution < -0.4 is 5.73 Å². The Kier molecular flexibility index (Phi) is 3.25. The van der Waals surface area contributed by atoms with Crippen molar-refractivity contribution in [2.45, 2.75) is 12.1 Å². The molecule has 0 aliphatic carbocycles. The molecule has 3 heterocycles. The van der Waals surface area contributed by atoms with Crippen molar-refractivity contribution < 1.29 is 26.8 Å². The van der Waals surface area contributed by atoms with Gasteiger partial charge in [0, 0.05) is 4.88 Å². The maximum absolute atomic E-state index is 12.2. The molecule has 0 aromatic carbocycles. The first-order valence-corrected chi connectivity index (χ1v) is 8.52. The largest absolute Gasteiger partial charge is 0.418 e. The fraction of sp³-hybridized carbons (Fsp3) is 0.333. The van der Waals surface area contributed by atoms with E-state index in [9.17, 15) is 18.0 Å². The van der Waals surface area contributed by atoms with E-state index in [1.54, 1.807) is 6.07 Å². The lowest BCUT2D eigenvalue weighted by molar-refractivity contribution is -0.122. The average Bonchev–Trinajstić information content (AvgIpc) is 2.82. The van der Waals surface area contributed by atoms with Crippen LogP contribution in [0.2, 0.25) is 0 Å². The Morgan fingerprint density at radius 2 is 2.24 bits per heavy atom. The summed E-state index contributed by atoms with van der Waals surface area (Å²) < 4.78 is 35.6. The molecule has 21 heavy (non-hydrogen) atoms. The molecule has 2 aliphatic heterocycles. The van der Waals surface area contributed by atoms with Crippen LogP contribution in [-0.4, -0.2) is 41.4 Å². The number of halogens is 1. The quantitative estimate of drug-likeness (QED) is 0.716. The highest BCUT2D eigenvalue weighted by molar-refractivity contribution is 9.11. The molecule has 1 fully saturated rings. The maximum atomic E-state index is 12.2. The van der Waals surface area contributed by atoms with Gasteiger partial charge in [-0.05, 0) is 27.6 Å². The van der Waals surface area contributed by atoms with Gasteiger partial charge in [0.15, 0.2) is 0 Å². The fourth-order valence-corrected chi connectivity index (χ4v) is 4.71. The Balaban J connectivity index is 2.11. The van der Waals surface area contributed by atoms with Crippen LogP contribution in [0.1, 0.15) is 22.5 Å². The van der Waals surface area contributed by atoms with E-state index >= 15 is 0 Å². The molecule has 0 radical (unpaired) electrons. The third kappa shape index (κ3) is 2.32. The summed E-state index contributed by atoms with van der Waals surface area (Å²) in [5, 5.41) is 0.538. The van der Waals surface area contributed by atoms with Gasteiger partial charge in [-0.15, -0.1) is 15.6 Å². The molecule has 114 valence electrons. The predicted molar refractivity (Wildman–Crippen MR) is 73.3 cm³/mol. The van der Waals surface area contributed by atoms with Crippen LogP contribution in [0, 0.1) is 0 Å². The number of rotatable bonds is 3. The molecule has 0 spiro atoms. The van der Waals surface area contributed by atoms with Crippen molar-refractivity contribution in [1.82, 2.24) is 9.96 Å². The number of urea groups is 1. The van der Waals surface area contributed by atoms with Gasteiger partial charge in [0.2, 0.25) is 5.91 Å². The van der Waals surface area contributed by atoms with Gasteiger partial charge in [0.25, 0.3) is 0 Å². The van der Waals surface area contributed by atoms with E-state index in [4.69, 9.17) is 10.3 Å². The van der Waals surface area contributed by atoms with Crippen LogP contribution >= 0.6 is 27.3 Å². The number of thiophene rings is 1. The molecule has 3 N–H and O–H groups in total. The molecule has 2 atom stereocenters.